The second-order valence-corrected chi connectivity index (χ2v) is 11.0. The quantitative estimate of drug-likeness (QED) is 0.201. The van der Waals surface area contributed by atoms with Crippen molar-refractivity contribution in [3.8, 4) is 0 Å². The third-order valence-electron chi connectivity index (χ3n) is 7.25. The number of carbonyl (C=O) groups is 2. The Balaban J connectivity index is 1.84. The van der Waals surface area contributed by atoms with E-state index in [0.717, 1.165) is 16.7 Å². The van der Waals surface area contributed by atoms with Crippen molar-refractivity contribution in [3.05, 3.63) is 150 Å². The van der Waals surface area contributed by atoms with Gasteiger partial charge in [0.15, 0.2) is 5.54 Å². The lowest BCUT2D eigenvalue weighted by Gasteiger charge is -2.44. The van der Waals surface area contributed by atoms with Crippen molar-refractivity contribution in [1.29, 1.82) is 0 Å². The van der Waals surface area contributed by atoms with Crippen LogP contribution in [0.3, 0.4) is 0 Å². The fourth-order valence-electron chi connectivity index (χ4n) is 5.77. The molecule has 40 heavy (non-hydrogen) atoms. The molecule has 0 unspecified atom stereocenters. The third-order valence-corrected chi connectivity index (χ3v) is 7.25. The zero-order chi connectivity index (χ0) is 28.4. The van der Waals surface area contributed by atoms with Gasteiger partial charge in [0.2, 0.25) is 0 Å². The predicted molar refractivity (Wildman–Crippen MR) is 159 cm³/mol. The smallest absolute Gasteiger partial charge is 0.408 e. The van der Waals surface area contributed by atoms with Crippen LogP contribution in [-0.4, -0.2) is 17.6 Å². The highest BCUT2D eigenvalue weighted by atomic mass is 16.6. The van der Waals surface area contributed by atoms with Gasteiger partial charge in [0, 0.05) is 12.0 Å². The molecule has 5 nitrogen and oxygen atoms in total. The SMILES string of the molecule is C=CC[C@@]1(NC(=O)OC(C)(C)C)C(=O)N(C(c2ccccc2)(c2ccccc2)c2ccccc2)c2ccccc21. The number of alkyl carbamates (subject to hydrolysis) is 1. The van der Waals surface area contributed by atoms with E-state index in [-0.39, 0.29) is 12.3 Å². The molecule has 2 amide bonds. The van der Waals surface area contributed by atoms with Gasteiger partial charge in [-0.1, -0.05) is 115 Å². The van der Waals surface area contributed by atoms with Crippen LogP contribution in [0.5, 0.6) is 0 Å². The molecule has 5 heteroatoms. The number of fused-ring (bicyclic) bond motifs is 1. The Labute approximate surface area is 236 Å². The normalized spacial score (nSPS) is 16.8. The number of para-hydroxylation sites is 1. The summed E-state index contributed by atoms with van der Waals surface area (Å²) in [5, 5.41) is 2.99. The molecule has 4 aromatic rings. The Morgan fingerprint density at radius 2 is 1.25 bits per heavy atom. The maximum Gasteiger partial charge on any atom is 0.408 e. The molecule has 0 aliphatic carbocycles. The summed E-state index contributed by atoms with van der Waals surface area (Å²) in [6, 6.07) is 37.7. The van der Waals surface area contributed by atoms with E-state index in [2.05, 4.69) is 11.9 Å². The fourth-order valence-corrected chi connectivity index (χ4v) is 5.77. The van der Waals surface area contributed by atoms with Gasteiger partial charge in [-0.3, -0.25) is 9.69 Å². The Bertz CT molecular complexity index is 1410. The summed E-state index contributed by atoms with van der Waals surface area (Å²) in [5.41, 5.74) is 0.966. The van der Waals surface area contributed by atoms with Gasteiger partial charge < -0.3 is 10.1 Å². The molecule has 1 heterocycles. The van der Waals surface area contributed by atoms with Crippen LogP contribution in [0.2, 0.25) is 0 Å². The van der Waals surface area contributed by atoms with Crippen LogP contribution in [0.1, 0.15) is 49.4 Å². The first-order valence-corrected chi connectivity index (χ1v) is 13.5. The molecule has 0 bridgehead atoms. The summed E-state index contributed by atoms with van der Waals surface area (Å²) >= 11 is 0. The molecule has 0 saturated heterocycles. The first kappa shape index (κ1) is 26.9. The summed E-state index contributed by atoms with van der Waals surface area (Å²) < 4.78 is 5.65. The zero-order valence-electron chi connectivity index (χ0n) is 23.1. The molecule has 1 atom stereocenters. The Kier molecular flexibility index (Phi) is 7.07. The summed E-state index contributed by atoms with van der Waals surface area (Å²) in [5.74, 6) is -0.268. The van der Waals surface area contributed by atoms with Gasteiger partial charge in [-0.2, -0.15) is 0 Å². The van der Waals surface area contributed by atoms with Gasteiger partial charge in [0.05, 0.1) is 5.69 Å². The number of benzene rings is 4. The van der Waals surface area contributed by atoms with Crippen molar-refractivity contribution in [2.45, 2.75) is 43.9 Å². The van der Waals surface area contributed by atoms with E-state index in [1.54, 1.807) is 26.8 Å². The van der Waals surface area contributed by atoms with Crippen LogP contribution < -0.4 is 10.2 Å². The van der Waals surface area contributed by atoms with E-state index in [1.165, 1.54) is 0 Å². The van der Waals surface area contributed by atoms with Crippen molar-refractivity contribution in [2.75, 3.05) is 4.90 Å². The lowest BCUT2D eigenvalue weighted by Crippen LogP contribution is -2.58. The number of carbonyl (C=O) groups excluding carboxylic acids is 2. The standard InChI is InChI=1S/C35H34N2O3/c1-5-25-34(36-32(39)40-33(2,3)4)29-23-15-16-24-30(29)37(31(34)38)35(26-17-9-6-10-18-26,27-19-11-7-12-20-27)28-21-13-8-14-22-28/h5-24H,1,25H2,2-4H3,(H,36,39)/t34-/m0/s1. The topological polar surface area (TPSA) is 58.6 Å². The van der Waals surface area contributed by atoms with E-state index >= 15 is 4.79 Å². The number of nitrogens with zero attached hydrogens (tertiary/aromatic N) is 1. The van der Waals surface area contributed by atoms with Gasteiger partial charge in [0.1, 0.15) is 11.1 Å². The van der Waals surface area contributed by atoms with Crippen LogP contribution in [0.15, 0.2) is 128 Å². The maximum atomic E-state index is 15.1. The second kappa shape index (κ2) is 10.5. The highest BCUT2D eigenvalue weighted by molar-refractivity contribution is 6.11. The van der Waals surface area contributed by atoms with E-state index in [0.29, 0.717) is 11.3 Å². The van der Waals surface area contributed by atoms with Gasteiger partial charge >= 0.3 is 6.09 Å². The number of hydrogen-bond acceptors (Lipinski definition) is 3. The highest BCUT2D eigenvalue weighted by Crippen LogP contribution is 2.53. The summed E-state index contributed by atoms with van der Waals surface area (Å²) in [4.78, 5) is 30.3. The fraction of sp³-hybridized carbons (Fsp3) is 0.200. The molecule has 1 aliphatic heterocycles. The van der Waals surface area contributed by atoms with Crippen molar-refractivity contribution in [3.63, 3.8) is 0 Å². The molecule has 4 aromatic carbocycles. The molecule has 5 rings (SSSR count). The van der Waals surface area contributed by atoms with E-state index in [1.807, 2.05) is 120 Å². The molecule has 1 N–H and O–H groups in total. The number of amides is 2. The summed E-state index contributed by atoms with van der Waals surface area (Å²) in [6.07, 6.45) is 1.20. The molecule has 0 aromatic heterocycles. The predicted octanol–water partition coefficient (Wildman–Crippen LogP) is 7.32. The lowest BCUT2D eigenvalue weighted by molar-refractivity contribution is -0.125. The molecule has 0 saturated carbocycles. The van der Waals surface area contributed by atoms with Crippen LogP contribution in [0.4, 0.5) is 10.5 Å². The number of ether oxygens (including phenoxy) is 1. The van der Waals surface area contributed by atoms with Crippen LogP contribution >= 0.6 is 0 Å². The van der Waals surface area contributed by atoms with E-state index < -0.39 is 22.8 Å². The van der Waals surface area contributed by atoms with Gasteiger partial charge in [-0.15, -0.1) is 6.58 Å². The summed E-state index contributed by atoms with van der Waals surface area (Å²) in [6.45, 7) is 9.36. The minimum Gasteiger partial charge on any atom is -0.444 e. The summed E-state index contributed by atoms with van der Waals surface area (Å²) in [7, 11) is 0. The van der Waals surface area contributed by atoms with Crippen molar-refractivity contribution >= 4 is 17.7 Å². The molecule has 0 radical (unpaired) electrons. The van der Waals surface area contributed by atoms with E-state index in [9.17, 15) is 4.79 Å². The molecular formula is C35H34N2O3. The number of hydrogen-bond donors (Lipinski definition) is 1. The monoisotopic (exact) mass is 530 g/mol. The molecule has 0 spiro atoms. The first-order chi connectivity index (χ1) is 19.2. The van der Waals surface area contributed by atoms with Crippen molar-refractivity contribution < 1.29 is 14.3 Å². The number of anilines is 1. The van der Waals surface area contributed by atoms with Crippen LogP contribution in [-0.2, 0) is 20.6 Å². The zero-order valence-corrected chi connectivity index (χ0v) is 23.1. The number of rotatable bonds is 7. The van der Waals surface area contributed by atoms with Gasteiger partial charge in [-0.25, -0.2) is 4.79 Å². The van der Waals surface area contributed by atoms with Gasteiger partial charge in [-0.05, 0) is 43.5 Å². The third kappa shape index (κ3) is 4.47. The average Bonchev–Trinajstić information content (AvgIpc) is 3.18. The van der Waals surface area contributed by atoms with Gasteiger partial charge in [0.25, 0.3) is 5.91 Å². The average molecular weight is 531 g/mol. The molecule has 1 aliphatic rings. The number of nitrogens with one attached hydrogen (secondary N) is 1. The Morgan fingerprint density at radius 3 is 1.70 bits per heavy atom. The Morgan fingerprint density at radius 1 is 0.800 bits per heavy atom. The van der Waals surface area contributed by atoms with Crippen molar-refractivity contribution in [2.24, 2.45) is 0 Å². The maximum absolute atomic E-state index is 15.1. The Hall–Kier alpha value is -4.64. The second-order valence-electron chi connectivity index (χ2n) is 11.0. The molecule has 0 fully saturated rings. The minimum absolute atomic E-state index is 0.188. The van der Waals surface area contributed by atoms with E-state index in [4.69, 9.17) is 4.74 Å². The molecule has 202 valence electrons. The minimum atomic E-state index is -1.41. The highest BCUT2D eigenvalue weighted by Gasteiger charge is 2.59. The molecular weight excluding hydrogens is 496 g/mol. The largest absolute Gasteiger partial charge is 0.444 e. The lowest BCUT2D eigenvalue weighted by atomic mass is 9.75. The first-order valence-electron chi connectivity index (χ1n) is 13.5. The van der Waals surface area contributed by atoms with Crippen LogP contribution in [0.25, 0.3) is 0 Å². The van der Waals surface area contributed by atoms with Crippen LogP contribution in [0, 0.1) is 0 Å². The van der Waals surface area contributed by atoms with Crippen molar-refractivity contribution in [1.82, 2.24) is 5.32 Å².